The van der Waals surface area contributed by atoms with Gasteiger partial charge < -0.3 is 0 Å². The van der Waals surface area contributed by atoms with Crippen LogP contribution in [0.4, 0.5) is 0 Å². The molecule has 1 aliphatic rings. The van der Waals surface area contributed by atoms with Crippen LogP contribution in [0.1, 0.15) is 45.4 Å². The lowest BCUT2D eigenvalue weighted by Gasteiger charge is -2.30. The van der Waals surface area contributed by atoms with E-state index in [4.69, 9.17) is 5.84 Å². The minimum atomic E-state index is 0.0142. The third-order valence-electron chi connectivity index (χ3n) is 2.69. The number of ketones is 1. The van der Waals surface area contributed by atoms with Gasteiger partial charge in [0.25, 0.3) is 0 Å². The van der Waals surface area contributed by atoms with E-state index in [0.717, 1.165) is 38.6 Å². The highest BCUT2D eigenvalue weighted by molar-refractivity contribution is 5.83. The third kappa shape index (κ3) is 3.08. The van der Waals surface area contributed by atoms with E-state index < -0.39 is 0 Å². The largest absolute Gasteiger partial charge is 0.298 e. The first-order valence-electron chi connectivity index (χ1n) is 5.29. The first kappa shape index (κ1) is 10.7. The summed E-state index contributed by atoms with van der Waals surface area (Å²) in [6.07, 6.45) is 6.03. The lowest BCUT2D eigenvalue weighted by molar-refractivity contribution is -0.125. The molecule has 3 nitrogen and oxygen atoms in total. The van der Waals surface area contributed by atoms with E-state index in [9.17, 15) is 4.79 Å². The Hall–Kier alpha value is -0.410. The van der Waals surface area contributed by atoms with E-state index in [-0.39, 0.29) is 6.04 Å². The smallest absolute Gasteiger partial charge is 0.151 e. The summed E-state index contributed by atoms with van der Waals surface area (Å²) < 4.78 is 0. The molecule has 0 aromatic heterocycles. The fourth-order valence-electron chi connectivity index (χ4n) is 1.82. The van der Waals surface area contributed by atoms with Crippen LogP contribution < -0.4 is 5.84 Å². The molecule has 2 N–H and O–H groups in total. The summed E-state index contributed by atoms with van der Waals surface area (Å²) in [5.74, 6) is 6.10. The van der Waals surface area contributed by atoms with Crippen LogP contribution in [0.2, 0.25) is 0 Å². The molecule has 0 aromatic carbocycles. The van der Waals surface area contributed by atoms with Crippen molar-refractivity contribution in [3.63, 3.8) is 0 Å². The fraction of sp³-hybridized carbons (Fsp3) is 0.900. The molecule has 0 aromatic rings. The average molecular weight is 184 g/mol. The molecule has 13 heavy (non-hydrogen) atoms. The molecule has 0 spiro atoms. The van der Waals surface area contributed by atoms with Gasteiger partial charge in [0.05, 0.1) is 6.04 Å². The van der Waals surface area contributed by atoms with E-state index in [0.29, 0.717) is 12.2 Å². The van der Waals surface area contributed by atoms with E-state index >= 15 is 0 Å². The van der Waals surface area contributed by atoms with Crippen molar-refractivity contribution >= 4 is 5.78 Å². The highest BCUT2D eigenvalue weighted by Crippen LogP contribution is 2.16. The Balaban J connectivity index is 2.35. The molecule has 0 aliphatic carbocycles. The fourth-order valence-corrected chi connectivity index (χ4v) is 1.82. The molecule has 1 unspecified atom stereocenters. The molecule has 0 saturated carbocycles. The van der Waals surface area contributed by atoms with Gasteiger partial charge in [0.2, 0.25) is 0 Å². The maximum absolute atomic E-state index is 11.6. The van der Waals surface area contributed by atoms with Crippen LogP contribution in [0.15, 0.2) is 0 Å². The minimum Gasteiger partial charge on any atom is -0.298 e. The predicted octanol–water partition coefficient (Wildman–Crippen LogP) is 1.47. The lowest BCUT2D eigenvalue weighted by atomic mass is 9.97. The zero-order valence-corrected chi connectivity index (χ0v) is 8.46. The number of rotatable bonds is 4. The van der Waals surface area contributed by atoms with Crippen molar-refractivity contribution in [3.8, 4) is 0 Å². The van der Waals surface area contributed by atoms with Crippen LogP contribution in [0.5, 0.6) is 0 Å². The minimum absolute atomic E-state index is 0.0142. The number of piperidine rings is 1. The number of carbonyl (C=O) groups excluding carboxylic acids is 1. The van der Waals surface area contributed by atoms with Crippen LogP contribution in [-0.4, -0.2) is 23.4 Å². The number of hydrazine groups is 1. The Labute approximate surface area is 80.2 Å². The highest BCUT2D eigenvalue weighted by Gasteiger charge is 2.25. The van der Waals surface area contributed by atoms with Gasteiger partial charge in [-0.25, -0.2) is 5.01 Å². The molecule has 1 aliphatic heterocycles. The van der Waals surface area contributed by atoms with Crippen LogP contribution in [0.25, 0.3) is 0 Å². The zero-order chi connectivity index (χ0) is 9.68. The summed E-state index contributed by atoms with van der Waals surface area (Å²) in [4.78, 5) is 11.6. The van der Waals surface area contributed by atoms with Gasteiger partial charge in [0.1, 0.15) is 0 Å². The van der Waals surface area contributed by atoms with Gasteiger partial charge in [-0.15, -0.1) is 0 Å². The Bertz CT molecular complexity index is 170. The third-order valence-corrected chi connectivity index (χ3v) is 2.69. The summed E-state index contributed by atoms with van der Waals surface area (Å²) in [7, 11) is 0. The summed E-state index contributed by atoms with van der Waals surface area (Å²) in [6, 6.07) is 0.0142. The lowest BCUT2D eigenvalue weighted by Crippen LogP contribution is -2.48. The monoisotopic (exact) mass is 184 g/mol. The number of nitrogens with zero attached hydrogens (tertiary/aromatic N) is 1. The van der Waals surface area contributed by atoms with Gasteiger partial charge in [0, 0.05) is 13.0 Å². The molecule has 0 amide bonds. The van der Waals surface area contributed by atoms with Gasteiger partial charge in [-0.3, -0.25) is 10.6 Å². The first-order valence-corrected chi connectivity index (χ1v) is 5.29. The normalized spacial score (nSPS) is 24.6. The second-order valence-corrected chi connectivity index (χ2v) is 3.82. The van der Waals surface area contributed by atoms with Gasteiger partial charge in [0.15, 0.2) is 5.78 Å². The molecule has 0 bridgehead atoms. The van der Waals surface area contributed by atoms with Crippen molar-refractivity contribution in [1.29, 1.82) is 0 Å². The zero-order valence-electron chi connectivity index (χ0n) is 8.46. The maximum Gasteiger partial charge on any atom is 0.151 e. The SMILES string of the molecule is CCCCC(=O)C1CCCCN1N. The molecule has 3 heteroatoms. The van der Waals surface area contributed by atoms with Crippen LogP contribution in [-0.2, 0) is 4.79 Å². The molecular weight excluding hydrogens is 164 g/mol. The Morgan fingerprint density at radius 2 is 2.31 bits per heavy atom. The van der Waals surface area contributed by atoms with Crippen LogP contribution >= 0.6 is 0 Å². The Morgan fingerprint density at radius 1 is 1.54 bits per heavy atom. The topological polar surface area (TPSA) is 46.3 Å². The number of Topliss-reactive ketones (excluding diaryl/α,β-unsaturated/α-hetero) is 1. The van der Waals surface area contributed by atoms with Crippen LogP contribution in [0, 0.1) is 0 Å². The summed E-state index contributed by atoms with van der Waals surface area (Å²) in [5, 5.41) is 1.72. The van der Waals surface area contributed by atoms with E-state index in [1.54, 1.807) is 5.01 Å². The number of carbonyl (C=O) groups is 1. The van der Waals surface area contributed by atoms with Crippen molar-refractivity contribution in [2.24, 2.45) is 5.84 Å². The summed E-state index contributed by atoms with van der Waals surface area (Å²) in [6.45, 7) is 2.98. The van der Waals surface area contributed by atoms with Crippen molar-refractivity contribution in [1.82, 2.24) is 5.01 Å². The van der Waals surface area contributed by atoms with E-state index in [2.05, 4.69) is 6.92 Å². The van der Waals surface area contributed by atoms with Gasteiger partial charge in [-0.05, 0) is 19.3 Å². The van der Waals surface area contributed by atoms with E-state index in [1.807, 2.05) is 0 Å². The van der Waals surface area contributed by atoms with Crippen LogP contribution in [0.3, 0.4) is 0 Å². The molecule has 0 radical (unpaired) electrons. The molecule has 1 saturated heterocycles. The van der Waals surface area contributed by atoms with Crippen molar-refractivity contribution in [2.45, 2.75) is 51.5 Å². The predicted molar refractivity (Wildman–Crippen MR) is 53.1 cm³/mol. The molecule has 76 valence electrons. The van der Waals surface area contributed by atoms with Crippen molar-refractivity contribution in [3.05, 3.63) is 0 Å². The number of hydrogen-bond donors (Lipinski definition) is 1. The summed E-state index contributed by atoms with van der Waals surface area (Å²) >= 11 is 0. The Kier molecular flexibility index (Phi) is 4.39. The molecule has 1 rings (SSSR count). The van der Waals surface area contributed by atoms with Crippen molar-refractivity contribution in [2.75, 3.05) is 6.54 Å². The van der Waals surface area contributed by atoms with Gasteiger partial charge >= 0.3 is 0 Å². The number of unbranched alkanes of at least 4 members (excludes halogenated alkanes) is 1. The standard InChI is InChI=1S/C10H20N2O/c1-2-3-7-10(13)9-6-4-5-8-12(9)11/h9H,2-8,11H2,1H3. The van der Waals surface area contributed by atoms with Crippen molar-refractivity contribution < 1.29 is 4.79 Å². The maximum atomic E-state index is 11.6. The quantitative estimate of drug-likeness (QED) is 0.673. The molecule has 1 heterocycles. The summed E-state index contributed by atoms with van der Waals surface area (Å²) in [5.41, 5.74) is 0. The second-order valence-electron chi connectivity index (χ2n) is 3.82. The highest BCUT2D eigenvalue weighted by atomic mass is 16.1. The molecule has 1 atom stereocenters. The first-order chi connectivity index (χ1) is 6.25. The molecule has 1 fully saturated rings. The second kappa shape index (κ2) is 5.35. The number of nitrogens with two attached hydrogens (primary N) is 1. The van der Waals surface area contributed by atoms with E-state index in [1.165, 1.54) is 0 Å². The Morgan fingerprint density at radius 3 is 2.92 bits per heavy atom. The molecular formula is C10H20N2O. The average Bonchev–Trinajstić information content (AvgIpc) is 2.15. The number of hydrogen-bond acceptors (Lipinski definition) is 3. The van der Waals surface area contributed by atoms with Gasteiger partial charge in [-0.2, -0.15) is 0 Å². The van der Waals surface area contributed by atoms with Gasteiger partial charge in [-0.1, -0.05) is 19.8 Å².